The summed E-state index contributed by atoms with van der Waals surface area (Å²) in [6, 6.07) is 15.8. The van der Waals surface area contributed by atoms with E-state index in [1.165, 1.54) is 0 Å². The van der Waals surface area contributed by atoms with Crippen LogP contribution in [0, 0.1) is 6.92 Å². The predicted octanol–water partition coefficient (Wildman–Crippen LogP) is 3.11. The Hall–Kier alpha value is -3.48. The first-order valence-electron chi connectivity index (χ1n) is 8.21. The second-order valence-corrected chi connectivity index (χ2v) is 6.07. The molecule has 0 fully saturated rings. The monoisotopic (exact) mass is 347 g/mol. The Morgan fingerprint density at radius 2 is 1.96 bits per heavy atom. The zero-order valence-electron chi connectivity index (χ0n) is 14.4. The van der Waals surface area contributed by atoms with Crippen LogP contribution in [0.2, 0.25) is 0 Å². The number of anilines is 1. The van der Waals surface area contributed by atoms with E-state index in [0.29, 0.717) is 11.6 Å². The van der Waals surface area contributed by atoms with Crippen molar-refractivity contribution in [2.24, 2.45) is 7.05 Å². The van der Waals surface area contributed by atoms with Crippen molar-refractivity contribution in [2.45, 2.75) is 13.3 Å². The fourth-order valence-electron chi connectivity index (χ4n) is 2.97. The van der Waals surface area contributed by atoms with E-state index < -0.39 is 0 Å². The summed E-state index contributed by atoms with van der Waals surface area (Å²) in [5, 5.41) is 16.9. The van der Waals surface area contributed by atoms with Crippen molar-refractivity contribution >= 4 is 22.7 Å². The van der Waals surface area contributed by atoms with Gasteiger partial charge >= 0.3 is 6.01 Å². The number of benzene rings is 2. The van der Waals surface area contributed by atoms with Gasteiger partial charge in [-0.05, 0) is 29.3 Å². The molecule has 1 amide bonds. The third-order valence-corrected chi connectivity index (χ3v) is 4.12. The maximum Gasteiger partial charge on any atom is 0.322 e. The Morgan fingerprint density at radius 3 is 2.77 bits per heavy atom. The SMILES string of the molecule is Cc1cc(-c2nnc(NC(=O)Cc3cccc4ccccc34)o2)n(C)n1. The maximum absolute atomic E-state index is 12.4. The van der Waals surface area contributed by atoms with Crippen LogP contribution in [0.4, 0.5) is 6.01 Å². The number of carbonyl (C=O) groups excluding carboxylic acids is 1. The Kier molecular flexibility index (Phi) is 3.96. The van der Waals surface area contributed by atoms with Crippen LogP contribution in [0.3, 0.4) is 0 Å². The van der Waals surface area contributed by atoms with E-state index in [-0.39, 0.29) is 18.3 Å². The summed E-state index contributed by atoms with van der Waals surface area (Å²) in [6.07, 6.45) is 0.226. The minimum atomic E-state index is -0.210. The molecule has 0 atom stereocenters. The lowest BCUT2D eigenvalue weighted by Gasteiger charge is -2.05. The third kappa shape index (κ3) is 3.06. The van der Waals surface area contributed by atoms with Crippen molar-refractivity contribution in [3.05, 3.63) is 59.8 Å². The van der Waals surface area contributed by atoms with Crippen LogP contribution < -0.4 is 5.32 Å². The van der Waals surface area contributed by atoms with Crippen LogP contribution >= 0.6 is 0 Å². The zero-order valence-corrected chi connectivity index (χ0v) is 14.4. The number of fused-ring (bicyclic) bond motifs is 1. The van der Waals surface area contributed by atoms with Crippen molar-refractivity contribution < 1.29 is 9.21 Å². The topological polar surface area (TPSA) is 85.8 Å². The lowest BCUT2D eigenvalue weighted by Crippen LogP contribution is -2.14. The summed E-state index contributed by atoms with van der Waals surface area (Å²) in [5.41, 5.74) is 2.49. The molecule has 0 bridgehead atoms. The minimum Gasteiger partial charge on any atom is -0.401 e. The molecule has 26 heavy (non-hydrogen) atoms. The molecule has 7 nitrogen and oxygen atoms in total. The Morgan fingerprint density at radius 1 is 1.15 bits per heavy atom. The summed E-state index contributed by atoms with van der Waals surface area (Å²) in [5.74, 6) is 0.103. The van der Waals surface area contributed by atoms with E-state index >= 15 is 0 Å². The van der Waals surface area contributed by atoms with E-state index in [1.54, 1.807) is 11.7 Å². The molecule has 4 aromatic rings. The summed E-state index contributed by atoms with van der Waals surface area (Å²) in [7, 11) is 1.80. The minimum absolute atomic E-state index is 0.0732. The quantitative estimate of drug-likeness (QED) is 0.613. The summed E-state index contributed by atoms with van der Waals surface area (Å²) in [4.78, 5) is 12.4. The van der Waals surface area contributed by atoms with Gasteiger partial charge < -0.3 is 4.42 Å². The normalized spacial score (nSPS) is 11.0. The van der Waals surface area contributed by atoms with Gasteiger partial charge in [-0.3, -0.25) is 14.8 Å². The van der Waals surface area contributed by atoms with Gasteiger partial charge in [0.2, 0.25) is 5.91 Å². The number of aromatic nitrogens is 4. The van der Waals surface area contributed by atoms with Crippen molar-refractivity contribution in [1.82, 2.24) is 20.0 Å². The number of rotatable bonds is 4. The molecule has 0 saturated carbocycles. The number of hydrogen-bond donors (Lipinski definition) is 1. The average molecular weight is 347 g/mol. The zero-order chi connectivity index (χ0) is 18.1. The highest BCUT2D eigenvalue weighted by molar-refractivity contribution is 5.95. The van der Waals surface area contributed by atoms with E-state index in [4.69, 9.17) is 4.42 Å². The molecule has 2 aromatic carbocycles. The maximum atomic E-state index is 12.4. The molecule has 2 aromatic heterocycles. The fourth-order valence-corrected chi connectivity index (χ4v) is 2.97. The molecule has 0 radical (unpaired) electrons. The fraction of sp³-hybridized carbons (Fsp3) is 0.158. The lowest BCUT2D eigenvalue weighted by atomic mass is 10.0. The summed E-state index contributed by atoms with van der Waals surface area (Å²) < 4.78 is 7.20. The second-order valence-electron chi connectivity index (χ2n) is 6.07. The van der Waals surface area contributed by atoms with Crippen molar-refractivity contribution in [3.8, 4) is 11.6 Å². The first-order valence-corrected chi connectivity index (χ1v) is 8.21. The van der Waals surface area contributed by atoms with Gasteiger partial charge in [0.25, 0.3) is 5.89 Å². The highest BCUT2D eigenvalue weighted by Crippen LogP contribution is 2.21. The molecule has 1 N–H and O–H groups in total. The van der Waals surface area contributed by atoms with Gasteiger partial charge in [-0.15, -0.1) is 5.10 Å². The van der Waals surface area contributed by atoms with E-state index in [0.717, 1.165) is 22.0 Å². The van der Waals surface area contributed by atoms with Crippen LogP contribution in [-0.2, 0) is 18.3 Å². The van der Waals surface area contributed by atoms with Gasteiger partial charge in [0, 0.05) is 7.05 Å². The van der Waals surface area contributed by atoms with E-state index in [2.05, 4.69) is 20.6 Å². The Bertz CT molecular complexity index is 1090. The Balaban J connectivity index is 1.51. The van der Waals surface area contributed by atoms with Crippen LogP contribution in [0.15, 0.2) is 52.9 Å². The van der Waals surface area contributed by atoms with Crippen molar-refractivity contribution in [3.63, 3.8) is 0 Å². The van der Waals surface area contributed by atoms with E-state index in [9.17, 15) is 4.79 Å². The van der Waals surface area contributed by atoms with Gasteiger partial charge in [-0.1, -0.05) is 47.6 Å². The molecule has 0 saturated heterocycles. The molecule has 4 rings (SSSR count). The molecule has 7 heteroatoms. The number of nitrogens with zero attached hydrogens (tertiary/aromatic N) is 4. The lowest BCUT2D eigenvalue weighted by molar-refractivity contribution is -0.115. The molecule has 130 valence electrons. The summed E-state index contributed by atoms with van der Waals surface area (Å²) in [6.45, 7) is 1.88. The highest BCUT2D eigenvalue weighted by atomic mass is 16.4. The number of nitrogens with one attached hydrogen (secondary N) is 1. The van der Waals surface area contributed by atoms with Crippen LogP contribution in [-0.4, -0.2) is 25.9 Å². The second kappa shape index (κ2) is 6.44. The van der Waals surface area contributed by atoms with Crippen LogP contribution in [0.25, 0.3) is 22.4 Å². The first kappa shape index (κ1) is 16.0. The van der Waals surface area contributed by atoms with Gasteiger partial charge in [0.1, 0.15) is 5.69 Å². The average Bonchev–Trinajstić information content (AvgIpc) is 3.21. The number of hydrogen-bond acceptors (Lipinski definition) is 5. The highest BCUT2D eigenvalue weighted by Gasteiger charge is 2.15. The molecule has 0 aliphatic heterocycles. The molecule has 2 heterocycles. The molecule has 0 unspecified atom stereocenters. The molecular formula is C19H17N5O2. The summed E-state index contributed by atoms with van der Waals surface area (Å²) >= 11 is 0. The number of amides is 1. The van der Waals surface area contributed by atoms with Gasteiger partial charge in [0.15, 0.2) is 0 Å². The molecule has 0 spiro atoms. The molecular weight excluding hydrogens is 330 g/mol. The largest absolute Gasteiger partial charge is 0.401 e. The number of carbonyl (C=O) groups is 1. The number of aryl methyl sites for hydroxylation is 2. The van der Waals surface area contributed by atoms with Crippen molar-refractivity contribution in [1.29, 1.82) is 0 Å². The van der Waals surface area contributed by atoms with Crippen LogP contribution in [0.1, 0.15) is 11.3 Å². The van der Waals surface area contributed by atoms with Crippen LogP contribution in [0.5, 0.6) is 0 Å². The Labute approximate surface area is 149 Å². The first-order chi connectivity index (χ1) is 12.6. The van der Waals surface area contributed by atoms with Crippen molar-refractivity contribution in [2.75, 3.05) is 5.32 Å². The van der Waals surface area contributed by atoms with Gasteiger partial charge in [-0.25, -0.2) is 0 Å². The predicted molar refractivity (Wildman–Crippen MR) is 97.5 cm³/mol. The standard InChI is InChI=1S/C19H17N5O2/c1-12-10-16(24(2)23-12)18-21-22-19(26-18)20-17(25)11-14-8-5-7-13-6-3-4-9-15(13)14/h3-10H,11H2,1-2H3,(H,20,22,25). The van der Waals surface area contributed by atoms with Gasteiger partial charge in [-0.2, -0.15) is 5.10 Å². The van der Waals surface area contributed by atoms with Gasteiger partial charge in [0.05, 0.1) is 12.1 Å². The third-order valence-electron chi connectivity index (χ3n) is 4.12. The molecule has 0 aliphatic carbocycles. The molecule has 0 aliphatic rings. The smallest absolute Gasteiger partial charge is 0.322 e. The van der Waals surface area contributed by atoms with E-state index in [1.807, 2.05) is 55.5 Å².